The summed E-state index contributed by atoms with van der Waals surface area (Å²) >= 11 is 7.83. The van der Waals surface area contributed by atoms with Crippen LogP contribution in [0.3, 0.4) is 0 Å². The van der Waals surface area contributed by atoms with Gasteiger partial charge in [0, 0.05) is 11.5 Å². The van der Waals surface area contributed by atoms with Gasteiger partial charge in [0.15, 0.2) is 0 Å². The van der Waals surface area contributed by atoms with E-state index in [1.165, 1.54) is 0 Å². The summed E-state index contributed by atoms with van der Waals surface area (Å²) in [5.74, 6) is -6.60. The Balaban J connectivity index is 5.00. The van der Waals surface area contributed by atoms with Gasteiger partial charge in [0.1, 0.15) is 30.2 Å². The molecule has 0 aromatic carbocycles. The summed E-state index contributed by atoms with van der Waals surface area (Å²) in [7, 11) is 0. The molecule has 0 aliphatic rings. The number of aliphatic hydroxyl groups excluding tert-OH is 3. The zero-order valence-corrected chi connectivity index (χ0v) is 20.1. The highest BCUT2D eigenvalue weighted by Gasteiger charge is 2.30. The molecule has 0 radical (unpaired) electrons. The standard InChI is InChI=1S/C17H30N6O10S2/c18-7(2-24)13(28)19-1-12(27)20-10(5-34)15(30)21-8(3-25)14(29)23-11(6-35)16(31)22-9(4-26)17(32)33/h7-11,24-26,34-35H,1-6,18H2,(H,19,28)(H,20,27)(H,21,30)(H,22,31)(H,23,29)(H,32,33)/t7-,8-,9-,10-,11-/m0/s1. The molecule has 11 N–H and O–H groups in total. The van der Waals surface area contributed by atoms with Crippen LogP contribution >= 0.6 is 25.3 Å². The van der Waals surface area contributed by atoms with Crippen LogP contribution in [0.15, 0.2) is 0 Å². The second-order valence-electron chi connectivity index (χ2n) is 6.88. The number of carbonyl (C=O) groups is 6. The first-order valence-corrected chi connectivity index (χ1v) is 11.2. The normalized spacial score (nSPS) is 14.9. The molecule has 0 spiro atoms. The fraction of sp³-hybridized carbons (Fsp3) is 0.647. The van der Waals surface area contributed by atoms with E-state index in [0.717, 1.165) is 0 Å². The third-order valence-corrected chi connectivity index (χ3v) is 4.95. The molecule has 18 heteroatoms. The summed E-state index contributed by atoms with van der Waals surface area (Å²) in [6.07, 6.45) is 0. The Hall–Kier alpha value is -2.64. The molecule has 0 fully saturated rings. The first-order chi connectivity index (χ1) is 16.4. The minimum Gasteiger partial charge on any atom is -0.480 e. The van der Waals surface area contributed by atoms with E-state index in [1.807, 2.05) is 5.32 Å². The van der Waals surface area contributed by atoms with Crippen LogP contribution in [-0.2, 0) is 28.8 Å². The number of rotatable bonds is 16. The summed E-state index contributed by atoms with van der Waals surface area (Å²) in [6.45, 7) is -3.03. The van der Waals surface area contributed by atoms with E-state index in [-0.39, 0.29) is 11.5 Å². The van der Waals surface area contributed by atoms with Crippen molar-refractivity contribution in [1.82, 2.24) is 26.6 Å². The van der Waals surface area contributed by atoms with Crippen molar-refractivity contribution in [3.63, 3.8) is 0 Å². The maximum atomic E-state index is 12.4. The Bertz CT molecular complexity index is 774. The van der Waals surface area contributed by atoms with E-state index in [1.54, 1.807) is 0 Å². The lowest BCUT2D eigenvalue weighted by molar-refractivity contribution is -0.143. The maximum absolute atomic E-state index is 12.4. The van der Waals surface area contributed by atoms with Crippen LogP contribution in [0, 0.1) is 0 Å². The van der Waals surface area contributed by atoms with Crippen LogP contribution in [0.25, 0.3) is 0 Å². The number of hydrogen-bond donors (Lipinski definition) is 12. The first-order valence-electron chi connectivity index (χ1n) is 9.96. The molecule has 16 nitrogen and oxygen atoms in total. The Kier molecular flexibility index (Phi) is 15.6. The average Bonchev–Trinajstić information content (AvgIpc) is 2.84. The Morgan fingerprint density at radius 1 is 0.657 bits per heavy atom. The number of carboxylic acids is 1. The number of carbonyl (C=O) groups excluding carboxylic acids is 5. The van der Waals surface area contributed by atoms with Crippen molar-refractivity contribution >= 4 is 60.8 Å². The van der Waals surface area contributed by atoms with E-state index in [0.29, 0.717) is 0 Å². The third-order valence-electron chi connectivity index (χ3n) is 4.22. The number of nitrogens with two attached hydrogens (primary N) is 1. The molecule has 5 atom stereocenters. The largest absolute Gasteiger partial charge is 0.480 e. The average molecular weight is 543 g/mol. The van der Waals surface area contributed by atoms with Gasteiger partial charge in [0.25, 0.3) is 0 Å². The lowest BCUT2D eigenvalue weighted by Gasteiger charge is -2.24. The van der Waals surface area contributed by atoms with Crippen molar-refractivity contribution in [1.29, 1.82) is 0 Å². The minimum absolute atomic E-state index is 0.235. The van der Waals surface area contributed by atoms with Crippen LogP contribution in [-0.4, -0.2) is 124 Å². The zero-order valence-electron chi connectivity index (χ0n) is 18.3. The fourth-order valence-corrected chi connectivity index (χ4v) is 2.73. The highest BCUT2D eigenvalue weighted by molar-refractivity contribution is 7.80. The minimum atomic E-state index is -1.63. The van der Waals surface area contributed by atoms with Gasteiger partial charge in [-0.05, 0) is 0 Å². The van der Waals surface area contributed by atoms with Gasteiger partial charge in [0.2, 0.25) is 29.5 Å². The highest BCUT2D eigenvalue weighted by Crippen LogP contribution is 1.96. The van der Waals surface area contributed by atoms with Gasteiger partial charge in [-0.15, -0.1) is 0 Å². The van der Waals surface area contributed by atoms with Crippen LogP contribution in [0.4, 0.5) is 0 Å². The van der Waals surface area contributed by atoms with Crippen molar-refractivity contribution < 1.29 is 49.2 Å². The molecule has 0 unspecified atom stereocenters. The topological polar surface area (TPSA) is 270 Å². The molecule has 0 aromatic heterocycles. The summed E-state index contributed by atoms with van der Waals surface area (Å²) in [5, 5.41) is 46.9. The number of nitrogens with one attached hydrogen (secondary N) is 5. The molecule has 0 saturated carbocycles. The van der Waals surface area contributed by atoms with Crippen LogP contribution in [0.5, 0.6) is 0 Å². The van der Waals surface area contributed by atoms with E-state index in [2.05, 4.69) is 46.5 Å². The van der Waals surface area contributed by atoms with E-state index < -0.39 is 92.1 Å². The summed E-state index contributed by atoms with van der Waals surface area (Å²) in [6, 6.07) is -7.11. The molecule has 35 heavy (non-hydrogen) atoms. The van der Waals surface area contributed by atoms with Gasteiger partial charge >= 0.3 is 5.97 Å². The molecular formula is C17H30N6O10S2. The molecular weight excluding hydrogens is 512 g/mol. The van der Waals surface area contributed by atoms with E-state index >= 15 is 0 Å². The molecule has 0 saturated heterocycles. The molecule has 0 bridgehead atoms. The van der Waals surface area contributed by atoms with Gasteiger partial charge in [-0.2, -0.15) is 25.3 Å². The Morgan fingerprint density at radius 2 is 1.09 bits per heavy atom. The Morgan fingerprint density at radius 3 is 1.51 bits per heavy atom. The van der Waals surface area contributed by atoms with Crippen LogP contribution < -0.4 is 32.3 Å². The highest BCUT2D eigenvalue weighted by atomic mass is 32.1. The predicted molar refractivity (Wildman–Crippen MR) is 125 cm³/mol. The maximum Gasteiger partial charge on any atom is 0.328 e. The molecule has 5 amide bonds. The van der Waals surface area contributed by atoms with E-state index in [4.69, 9.17) is 21.1 Å². The van der Waals surface area contributed by atoms with Crippen molar-refractivity contribution in [2.75, 3.05) is 37.9 Å². The third kappa shape index (κ3) is 11.6. The molecule has 0 rings (SSSR count). The van der Waals surface area contributed by atoms with Crippen molar-refractivity contribution in [3.8, 4) is 0 Å². The van der Waals surface area contributed by atoms with Crippen molar-refractivity contribution in [3.05, 3.63) is 0 Å². The lowest BCUT2D eigenvalue weighted by Crippen LogP contribution is -2.60. The van der Waals surface area contributed by atoms with Crippen molar-refractivity contribution in [2.45, 2.75) is 30.2 Å². The van der Waals surface area contributed by atoms with Gasteiger partial charge in [-0.1, -0.05) is 0 Å². The number of aliphatic hydroxyl groups is 3. The number of thiol groups is 2. The van der Waals surface area contributed by atoms with Gasteiger partial charge in [-0.25, -0.2) is 4.79 Å². The molecule has 0 aromatic rings. The fourth-order valence-electron chi connectivity index (χ4n) is 2.21. The second kappa shape index (κ2) is 16.9. The molecule has 0 aliphatic carbocycles. The number of aliphatic carboxylic acids is 1. The number of hydrogen-bond acceptors (Lipinski definition) is 12. The SMILES string of the molecule is N[C@@H](CO)C(=O)NCC(=O)N[C@@H](CS)C(=O)N[C@@H](CO)C(=O)N[C@@H](CS)C(=O)N[C@@H](CO)C(=O)O. The smallest absolute Gasteiger partial charge is 0.328 e. The molecule has 0 heterocycles. The quantitative estimate of drug-likeness (QED) is 0.0815. The van der Waals surface area contributed by atoms with Crippen LogP contribution in [0.2, 0.25) is 0 Å². The lowest BCUT2D eigenvalue weighted by atomic mass is 10.2. The first kappa shape index (κ1) is 32.4. The summed E-state index contributed by atoms with van der Waals surface area (Å²) in [4.78, 5) is 71.4. The molecule has 200 valence electrons. The predicted octanol–water partition coefficient (Wildman–Crippen LogP) is -6.71. The van der Waals surface area contributed by atoms with Gasteiger partial charge in [0.05, 0.1) is 26.4 Å². The molecule has 0 aliphatic heterocycles. The van der Waals surface area contributed by atoms with Crippen molar-refractivity contribution in [2.24, 2.45) is 5.73 Å². The second-order valence-corrected chi connectivity index (χ2v) is 7.61. The van der Waals surface area contributed by atoms with Gasteiger partial charge in [-0.3, -0.25) is 24.0 Å². The monoisotopic (exact) mass is 542 g/mol. The van der Waals surface area contributed by atoms with Crippen LogP contribution in [0.1, 0.15) is 0 Å². The van der Waals surface area contributed by atoms with E-state index in [9.17, 15) is 33.9 Å². The Labute approximate surface area is 210 Å². The summed E-state index contributed by atoms with van der Waals surface area (Å²) in [5.41, 5.74) is 5.29. The number of amides is 5. The number of carboxylic acid groups (broad SMARTS) is 1. The zero-order chi connectivity index (χ0) is 27.1. The summed E-state index contributed by atoms with van der Waals surface area (Å²) < 4.78 is 0. The van der Waals surface area contributed by atoms with Gasteiger partial charge < -0.3 is 52.7 Å².